The molecule has 0 bridgehead atoms. The average Bonchev–Trinajstić information content (AvgIpc) is 2.44. The van der Waals surface area contributed by atoms with Crippen LogP contribution in [0, 0.1) is 0 Å². The molecule has 0 aliphatic rings. The first kappa shape index (κ1) is 14.9. The van der Waals surface area contributed by atoms with Gasteiger partial charge in [-0.2, -0.15) is 0 Å². The fourth-order valence-corrected chi connectivity index (χ4v) is 2.29. The van der Waals surface area contributed by atoms with Crippen molar-refractivity contribution in [1.29, 1.82) is 0 Å². The molecule has 0 N–H and O–H groups in total. The number of Topliss-reactive ketones (excluding diaryl/α,β-unsaturated/α-hetero) is 1. The molecule has 0 amide bonds. The van der Waals surface area contributed by atoms with Crippen molar-refractivity contribution >= 4 is 34.7 Å². The maximum atomic E-state index is 12.2. The lowest BCUT2D eigenvalue weighted by molar-refractivity contribution is 0.0993. The minimum atomic E-state index is 0.0273. The standard InChI is InChI=1S/C16H15Cl2NO/c1-19(2)13-8-6-11(7-9-13)15(20)10-12-4-3-5-14(17)16(12)18/h3-9H,10H2,1-2H3. The number of anilines is 1. The molecule has 4 heteroatoms. The first-order valence-corrected chi connectivity index (χ1v) is 6.98. The maximum Gasteiger partial charge on any atom is 0.167 e. The lowest BCUT2D eigenvalue weighted by atomic mass is 10.0. The Morgan fingerprint density at radius 3 is 2.30 bits per heavy atom. The molecule has 2 rings (SSSR count). The van der Waals surface area contributed by atoms with Crippen molar-refractivity contribution < 1.29 is 4.79 Å². The van der Waals surface area contributed by atoms with Crippen LogP contribution in [-0.2, 0) is 6.42 Å². The van der Waals surface area contributed by atoms with Crippen LogP contribution < -0.4 is 4.90 Å². The summed E-state index contributed by atoms with van der Waals surface area (Å²) in [4.78, 5) is 14.2. The van der Waals surface area contributed by atoms with E-state index in [-0.39, 0.29) is 12.2 Å². The van der Waals surface area contributed by atoms with Crippen molar-refractivity contribution in [3.63, 3.8) is 0 Å². The quantitative estimate of drug-likeness (QED) is 0.776. The summed E-state index contributed by atoms with van der Waals surface area (Å²) in [5.41, 5.74) is 2.48. The molecule has 0 heterocycles. The topological polar surface area (TPSA) is 20.3 Å². The summed E-state index contributed by atoms with van der Waals surface area (Å²) >= 11 is 12.1. The Morgan fingerprint density at radius 2 is 1.70 bits per heavy atom. The van der Waals surface area contributed by atoms with Gasteiger partial charge >= 0.3 is 0 Å². The molecule has 0 atom stereocenters. The summed E-state index contributed by atoms with van der Waals surface area (Å²) < 4.78 is 0. The van der Waals surface area contributed by atoms with Gasteiger partial charge in [0.15, 0.2) is 5.78 Å². The number of nitrogens with zero attached hydrogens (tertiary/aromatic N) is 1. The average molecular weight is 308 g/mol. The minimum absolute atomic E-state index is 0.0273. The molecule has 0 aliphatic heterocycles. The van der Waals surface area contributed by atoms with Crippen LogP contribution in [-0.4, -0.2) is 19.9 Å². The van der Waals surface area contributed by atoms with Crippen LogP contribution in [0.15, 0.2) is 42.5 Å². The highest BCUT2D eigenvalue weighted by Crippen LogP contribution is 2.26. The number of carbonyl (C=O) groups is 1. The van der Waals surface area contributed by atoms with Gasteiger partial charge in [-0.05, 0) is 35.9 Å². The van der Waals surface area contributed by atoms with Crippen LogP contribution in [0.2, 0.25) is 10.0 Å². The van der Waals surface area contributed by atoms with Crippen molar-refractivity contribution in [1.82, 2.24) is 0 Å². The second-order valence-electron chi connectivity index (χ2n) is 4.75. The largest absolute Gasteiger partial charge is 0.378 e. The third-order valence-electron chi connectivity index (χ3n) is 3.09. The van der Waals surface area contributed by atoms with Crippen molar-refractivity contribution in [2.24, 2.45) is 0 Å². The van der Waals surface area contributed by atoms with Crippen LogP contribution in [0.25, 0.3) is 0 Å². The van der Waals surface area contributed by atoms with Gasteiger partial charge in [0.2, 0.25) is 0 Å². The molecule has 2 nitrogen and oxygen atoms in total. The van der Waals surface area contributed by atoms with Gasteiger partial charge in [-0.25, -0.2) is 0 Å². The van der Waals surface area contributed by atoms with Gasteiger partial charge in [-0.1, -0.05) is 35.3 Å². The number of rotatable bonds is 4. The molecule has 0 spiro atoms. The van der Waals surface area contributed by atoms with E-state index in [0.717, 1.165) is 11.3 Å². The third kappa shape index (κ3) is 3.33. The molecule has 104 valence electrons. The van der Waals surface area contributed by atoms with Crippen LogP contribution in [0.5, 0.6) is 0 Å². The van der Waals surface area contributed by atoms with E-state index in [9.17, 15) is 4.79 Å². The lowest BCUT2D eigenvalue weighted by Crippen LogP contribution is -2.09. The molecular formula is C16H15Cl2NO. The van der Waals surface area contributed by atoms with E-state index in [1.165, 1.54) is 0 Å². The predicted molar refractivity (Wildman–Crippen MR) is 85.3 cm³/mol. The Kier molecular flexibility index (Phi) is 4.69. The van der Waals surface area contributed by atoms with Gasteiger partial charge in [-0.15, -0.1) is 0 Å². The molecule has 0 radical (unpaired) electrons. The normalized spacial score (nSPS) is 10.4. The molecule has 0 unspecified atom stereocenters. The van der Waals surface area contributed by atoms with E-state index in [2.05, 4.69) is 0 Å². The zero-order valence-corrected chi connectivity index (χ0v) is 12.9. The number of halogens is 2. The van der Waals surface area contributed by atoms with E-state index < -0.39 is 0 Å². The second kappa shape index (κ2) is 6.29. The van der Waals surface area contributed by atoms with Gasteiger partial charge in [0.05, 0.1) is 10.0 Å². The van der Waals surface area contributed by atoms with E-state index in [1.807, 2.05) is 49.3 Å². The number of benzene rings is 2. The Hall–Kier alpha value is -1.51. The summed E-state index contributed by atoms with van der Waals surface area (Å²) in [6.45, 7) is 0. The summed E-state index contributed by atoms with van der Waals surface area (Å²) in [5.74, 6) is 0.0273. The lowest BCUT2D eigenvalue weighted by Gasteiger charge is -2.12. The molecule has 0 aromatic heterocycles. The highest BCUT2D eigenvalue weighted by Gasteiger charge is 2.11. The van der Waals surface area contributed by atoms with Crippen LogP contribution in [0.4, 0.5) is 5.69 Å². The number of ketones is 1. The summed E-state index contributed by atoms with van der Waals surface area (Å²) in [5, 5.41) is 0.923. The number of hydrogen-bond acceptors (Lipinski definition) is 2. The van der Waals surface area contributed by atoms with Gasteiger partial charge in [0, 0.05) is 31.8 Å². The first-order chi connectivity index (χ1) is 9.49. The molecular weight excluding hydrogens is 293 g/mol. The zero-order valence-electron chi connectivity index (χ0n) is 11.4. The Labute approximate surface area is 128 Å². The second-order valence-corrected chi connectivity index (χ2v) is 5.54. The summed E-state index contributed by atoms with van der Waals surface area (Å²) in [6.07, 6.45) is 0.251. The smallest absolute Gasteiger partial charge is 0.167 e. The van der Waals surface area contributed by atoms with E-state index >= 15 is 0 Å². The Balaban J connectivity index is 2.18. The van der Waals surface area contributed by atoms with Gasteiger partial charge in [0.1, 0.15) is 0 Å². The third-order valence-corrected chi connectivity index (χ3v) is 3.95. The van der Waals surface area contributed by atoms with Crippen molar-refractivity contribution in [3.05, 3.63) is 63.6 Å². The minimum Gasteiger partial charge on any atom is -0.378 e. The fourth-order valence-electron chi connectivity index (χ4n) is 1.91. The van der Waals surface area contributed by atoms with Crippen molar-refractivity contribution in [2.45, 2.75) is 6.42 Å². The molecule has 0 saturated carbocycles. The van der Waals surface area contributed by atoms with Gasteiger partial charge in [0.25, 0.3) is 0 Å². The molecule has 0 fully saturated rings. The molecule has 0 aliphatic carbocycles. The van der Waals surface area contributed by atoms with E-state index in [1.54, 1.807) is 12.1 Å². The Morgan fingerprint density at radius 1 is 1.05 bits per heavy atom. The van der Waals surface area contributed by atoms with Crippen molar-refractivity contribution in [3.8, 4) is 0 Å². The highest BCUT2D eigenvalue weighted by atomic mass is 35.5. The van der Waals surface area contributed by atoms with Crippen LogP contribution >= 0.6 is 23.2 Å². The van der Waals surface area contributed by atoms with E-state index in [4.69, 9.17) is 23.2 Å². The molecule has 20 heavy (non-hydrogen) atoms. The summed E-state index contributed by atoms with van der Waals surface area (Å²) in [7, 11) is 3.92. The molecule has 0 saturated heterocycles. The molecule has 2 aromatic rings. The SMILES string of the molecule is CN(C)c1ccc(C(=O)Cc2cccc(Cl)c2Cl)cc1. The summed E-state index contributed by atoms with van der Waals surface area (Å²) in [6, 6.07) is 12.8. The van der Waals surface area contributed by atoms with Crippen LogP contribution in [0.1, 0.15) is 15.9 Å². The maximum absolute atomic E-state index is 12.2. The van der Waals surface area contributed by atoms with Gasteiger partial charge < -0.3 is 4.90 Å². The van der Waals surface area contributed by atoms with E-state index in [0.29, 0.717) is 15.6 Å². The molecule has 2 aromatic carbocycles. The number of carbonyl (C=O) groups excluding carboxylic acids is 1. The zero-order chi connectivity index (χ0) is 14.7. The monoisotopic (exact) mass is 307 g/mol. The highest BCUT2D eigenvalue weighted by molar-refractivity contribution is 6.42. The van der Waals surface area contributed by atoms with Crippen molar-refractivity contribution in [2.75, 3.05) is 19.0 Å². The van der Waals surface area contributed by atoms with Gasteiger partial charge in [-0.3, -0.25) is 4.79 Å². The Bertz CT molecular complexity index is 621. The number of hydrogen-bond donors (Lipinski definition) is 0. The predicted octanol–water partition coefficient (Wildman–Crippen LogP) is 4.48. The first-order valence-electron chi connectivity index (χ1n) is 6.22. The van der Waals surface area contributed by atoms with Crippen LogP contribution in [0.3, 0.4) is 0 Å². The fraction of sp³-hybridized carbons (Fsp3) is 0.188.